The minimum Gasteiger partial charge on any atom is -0.810 e. The first-order chi connectivity index (χ1) is 6.80. The normalized spacial score (nSPS) is 11.9. The molecule has 0 unspecified atom stereocenters. The number of hydrogen-bond acceptors (Lipinski definition) is 3. The maximum absolute atomic E-state index is 10.5. The number of rotatable bonds is 2. The lowest BCUT2D eigenvalue weighted by atomic mass is 9.85. The SMILES string of the molecule is Cc1ccc(OP([O-])[O-])c(C(C)(C)C)c1. The molecule has 0 radical (unpaired) electrons. The Morgan fingerprint density at radius 1 is 1.20 bits per heavy atom. The van der Waals surface area contributed by atoms with Gasteiger partial charge >= 0.3 is 0 Å². The van der Waals surface area contributed by atoms with Gasteiger partial charge in [-0.3, -0.25) is 0 Å². The van der Waals surface area contributed by atoms with E-state index in [-0.39, 0.29) is 5.41 Å². The molecule has 3 nitrogen and oxygen atoms in total. The highest BCUT2D eigenvalue weighted by Crippen LogP contribution is 2.35. The van der Waals surface area contributed by atoms with Gasteiger partial charge in [-0.15, -0.1) is 0 Å². The minimum absolute atomic E-state index is 0.132. The van der Waals surface area contributed by atoms with E-state index in [0.29, 0.717) is 5.75 Å². The smallest absolute Gasteiger partial charge is 0.123 e. The van der Waals surface area contributed by atoms with Crippen LogP contribution in [-0.4, -0.2) is 0 Å². The van der Waals surface area contributed by atoms with E-state index in [1.54, 1.807) is 6.07 Å². The van der Waals surface area contributed by atoms with Crippen LogP contribution in [0.1, 0.15) is 31.9 Å². The molecular formula is C11H15O3P-2. The third kappa shape index (κ3) is 3.45. The van der Waals surface area contributed by atoms with Crippen molar-refractivity contribution in [3.8, 4) is 5.75 Å². The molecule has 84 valence electrons. The van der Waals surface area contributed by atoms with Crippen LogP contribution in [0.15, 0.2) is 18.2 Å². The molecule has 0 aliphatic heterocycles. The molecule has 0 spiro atoms. The molecule has 0 saturated carbocycles. The molecule has 1 rings (SSSR count). The molecule has 0 N–H and O–H groups in total. The predicted octanol–water partition coefficient (Wildman–Crippen LogP) is 1.62. The van der Waals surface area contributed by atoms with E-state index in [9.17, 15) is 9.79 Å². The quantitative estimate of drug-likeness (QED) is 0.720. The zero-order chi connectivity index (χ0) is 11.6. The van der Waals surface area contributed by atoms with Crippen molar-refractivity contribution in [2.75, 3.05) is 0 Å². The highest BCUT2D eigenvalue weighted by molar-refractivity contribution is 7.36. The summed E-state index contributed by atoms with van der Waals surface area (Å²) in [5.74, 6) is 0.421. The van der Waals surface area contributed by atoms with Gasteiger partial charge in [-0.2, -0.15) is 0 Å². The van der Waals surface area contributed by atoms with Gasteiger partial charge < -0.3 is 14.3 Å². The van der Waals surface area contributed by atoms with Gasteiger partial charge in [0, 0.05) is 0 Å². The molecule has 15 heavy (non-hydrogen) atoms. The molecule has 0 amide bonds. The average Bonchev–Trinajstić information content (AvgIpc) is 2.05. The van der Waals surface area contributed by atoms with Gasteiger partial charge in [-0.1, -0.05) is 47.1 Å². The average molecular weight is 226 g/mol. The van der Waals surface area contributed by atoms with Crippen molar-refractivity contribution in [3.05, 3.63) is 29.3 Å². The van der Waals surface area contributed by atoms with E-state index in [0.717, 1.165) is 11.1 Å². The molecule has 0 fully saturated rings. The fraction of sp³-hybridized carbons (Fsp3) is 0.455. The second-order valence-electron chi connectivity index (χ2n) is 4.56. The largest absolute Gasteiger partial charge is 0.810 e. The Hall–Kier alpha value is -0.630. The monoisotopic (exact) mass is 226 g/mol. The highest BCUT2D eigenvalue weighted by Gasteiger charge is 2.18. The van der Waals surface area contributed by atoms with Crippen LogP contribution in [0.3, 0.4) is 0 Å². The summed E-state index contributed by atoms with van der Waals surface area (Å²) in [6, 6.07) is 5.48. The summed E-state index contributed by atoms with van der Waals surface area (Å²) in [6.45, 7) is 8.03. The summed E-state index contributed by atoms with van der Waals surface area (Å²) in [4.78, 5) is 21.1. The zero-order valence-corrected chi connectivity index (χ0v) is 10.3. The number of aryl methyl sites for hydroxylation is 1. The summed E-state index contributed by atoms with van der Waals surface area (Å²) in [5, 5.41) is 0. The number of benzene rings is 1. The molecular weight excluding hydrogens is 211 g/mol. The maximum Gasteiger partial charge on any atom is 0.123 e. The van der Waals surface area contributed by atoms with Gasteiger partial charge in [0.05, 0.1) is 0 Å². The van der Waals surface area contributed by atoms with Crippen molar-refractivity contribution in [3.63, 3.8) is 0 Å². The van der Waals surface area contributed by atoms with Crippen LogP contribution in [0.4, 0.5) is 0 Å². The Bertz CT molecular complexity index is 342. The first-order valence-corrected chi connectivity index (χ1v) is 5.84. The van der Waals surface area contributed by atoms with Crippen LogP contribution < -0.4 is 14.3 Å². The Kier molecular flexibility index (Phi) is 3.72. The summed E-state index contributed by atoms with van der Waals surface area (Å²) in [6.07, 6.45) is 0. The standard InChI is InChI=1S/C11H15O3P/c1-8-5-6-10(14-15(12)13)9(7-8)11(2,3)4/h5-7H,1-4H3/q-2. The Labute approximate surface area is 91.7 Å². The lowest BCUT2D eigenvalue weighted by molar-refractivity contribution is -0.310. The van der Waals surface area contributed by atoms with Gasteiger partial charge in [0.1, 0.15) is 5.75 Å². The lowest BCUT2D eigenvalue weighted by Crippen LogP contribution is -2.17. The topological polar surface area (TPSA) is 55.3 Å². The Morgan fingerprint density at radius 2 is 1.80 bits per heavy atom. The van der Waals surface area contributed by atoms with E-state index >= 15 is 0 Å². The first-order valence-electron chi connectivity index (χ1n) is 4.74. The highest BCUT2D eigenvalue weighted by atomic mass is 31.2. The number of hydrogen-bond donors (Lipinski definition) is 0. The third-order valence-electron chi connectivity index (χ3n) is 2.12. The zero-order valence-electron chi connectivity index (χ0n) is 9.40. The molecule has 4 heteroatoms. The fourth-order valence-electron chi connectivity index (χ4n) is 1.39. The molecule has 1 aromatic carbocycles. The van der Waals surface area contributed by atoms with E-state index in [4.69, 9.17) is 4.52 Å². The second kappa shape index (κ2) is 4.48. The molecule has 0 saturated heterocycles. The van der Waals surface area contributed by atoms with Gasteiger partial charge in [0.15, 0.2) is 0 Å². The molecule has 0 aromatic heterocycles. The van der Waals surface area contributed by atoms with Crippen LogP contribution in [0, 0.1) is 6.92 Å². The molecule has 0 atom stereocenters. The van der Waals surface area contributed by atoms with E-state index in [2.05, 4.69) is 0 Å². The van der Waals surface area contributed by atoms with Crippen molar-refractivity contribution in [2.45, 2.75) is 33.1 Å². The molecule has 0 bridgehead atoms. The summed E-state index contributed by atoms with van der Waals surface area (Å²) in [7, 11) is -2.85. The van der Waals surface area contributed by atoms with Gasteiger partial charge in [0.25, 0.3) is 0 Å². The first kappa shape index (κ1) is 12.4. The van der Waals surface area contributed by atoms with Gasteiger partial charge in [-0.05, 0) is 24.0 Å². The van der Waals surface area contributed by atoms with Gasteiger partial charge in [-0.25, -0.2) is 0 Å². The van der Waals surface area contributed by atoms with E-state index in [1.807, 2.05) is 39.8 Å². The van der Waals surface area contributed by atoms with E-state index in [1.165, 1.54) is 0 Å². The van der Waals surface area contributed by atoms with Crippen LogP contribution in [0.5, 0.6) is 5.75 Å². The van der Waals surface area contributed by atoms with Gasteiger partial charge in [0.2, 0.25) is 0 Å². The van der Waals surface area contributed by atoms with Crippen molar-refractivity contribution < 1.29 is 14.3 Å². The second-order valence-corrected chi connectivity index (χ2v) is 5.19. The third-order valence-corrected chi connectivity index (χ3v) is 2.46. The molecule has 0 heterocycles. The maximum atomic E-state index is 10.5. The summed E-state index contributed by atoms with van der Waals surface area (Å²) < 4.78 is 4.78. The van der Waals surface area contributed by atoms with Crippen LogP contribution in [0.2, 0.25) is 0 Å². The summed E-state index contributed by atoms with van der Waals surface area (Å²) in [5.41, 5.74) is 1.86. The van der Waals surface area contributed by atoms with Crippen molar-refractivity contribution in [1.82, 2.24) is 0 Å². The molecule has 0 aliphatic rings. The van der Waals surface area contributed by atoms with Crippen LogP contribution in [0.25, 0.3) is 0 Å². The lowest BCUT2D eigenvalue weighted by Gasteiger charge is -2.33. The molecule has 1 aromatic rings. The predicted molar refractivity (Wildman–Crippen MR) is 57.4 cm³/mol. The Morgan fingerprint density at radius 3 is 2.27 bits per heavy atom. The fourth-order valence-corrected chi connectivity index (χ4v) is 1.71. The van der Waals surface area contributed by atoms with Crippen LogP contribution in [-0.2, 0) is 5.41 Å². The Balaban J connectivity index is 3.15. The molecule has 0 aliphatic carbocycles. The van der Waals surface area contributed by atoms with Crippen LogP contribution >= 0.6 is 8.60 Å². The minimum atomic E-state index is -2.85. The van der Waals surface area contributed by atoms with Crippen molar-refractivity contribution in [2.24, 2.45) is 0 Å². The van der Waals surface area contributed by atoms with Crippen molar-refractivity contribution >= 4 is 8.60 Å². The van der Waals surface area contributed by atoms with Crippen molar-refractivity contribution in [1.29, 1.82) is 0 Å². The van der Waals surface area contributed by atoms with E-state index < -0.39 is 8.60 Å². The summed E-state index contributed by atoms with van der Waals surface area (Å²) >= 11 is 0.